The van der Waals surface area contributed by atoms with Gasteiger partial charge in [0.25, 0.3) is 5.91 Å². The van der Waals surface area contributed by atoms with Crippen molar-refractivity contribution in [2.45, 2.75) is 45.1 Å². The summed E-state index contributed by atoms with van der Waals surface area (Å²) >= 11 is 0. The van der Waals surface area contributed by atoms with E-state index in [9.17, 15) is 14.4 Å². The molecule has 0 bridgehead atoms. The summed E-state index contributed by atoms with van der Waals surface area (Å²) in [6.45, 7) is 4.01. The first-order valence-electron chi connectivity index (χ1n) is 9.26. The molecule has 0 spiro atoms. The molecule has 1 fully saturated rings. The molecule has 9 nitrogen and oxygen atoms in total. The number of hydrogen-bond donors (Lipinski definition) is 1. The minimum absolute atomic E-state index is 0.0662. The molecule has 4 heterocycles. The van der Waals surface area contributed by atoms with Crippen LogP contribution in [0.1, 0.15) is 49.2 Å². The molecule has 9 heteroatoms. The molecule has 27 heavy (non-hydrogen) atoms. The van der Waals surface area contributed by atoms with Crippen LogP contribution in [0.25, 0.3) is 0 Å². The molecular weight excluding hydrogens is 348 g/mol. The smallest absolute Gasteiger partial charge is 0.270 e. The van der Waals surface area contributed by atoms with E-state index in [1.807, 2.05) is 6.20 Å². The molecule has 1 saturated heterocycles. The number of hydrogen-bond acceptors (Lipinski definition) is 6. The van der Waals surface area contributed by atoms with E-state index < -0.39 is 0 Å². The SMILES string of the molecule is CC(=O)N1CCc2nc([C@H]3CCN(C(=O)C4=NNC(=O)CC4)C3)ncc2C1. The van der Waals surface area contributed by atoms with Gasteiger partial charge in [0.2, 0.25) is 11.8 Å². The Hall–Kier alpha value is -2.84. The van der Waals surface area contributed by atoms with Gasteiger partial charge in [-0.15, -0.1) is 0 Å². The Morgan fingerprint density at radius 3 is 2.78 bits per heavy atom. The van der Waals surface area contributed by atoms with E-state index in [4.69, 9.17) is 4.98 Å². The monoisotopic (exact) mass is 370 g/mol. The van der Waals surface area contributed by atoms with Crippen molar-refractivity contribution in [1.82, 2.24) is 25.2 Å². The van der Waals surface area contributed by atoms with Gasteiger partial charge in [0.05, 0.1) is 5.69 Å². The van der Waals surface area contributed by atoms with Crippen molar-refractivity contribution in [2.24, 2.45) is 5.10 Å². The summed E-state index contributed by atoms with van der Waals surface area (Å²) in [6.07, 6.45) is 4.04. The molecule has 0 aromatic carbocycles. The third-order valence-electron chi connectivity index (χ3n) is 5.39. The second-order valence-corrected chi connectivity index (χ2v) is 7.22. The lowest BCUT2D eigenvalue weighted by molar-refractivity contribution is -0.129. The number of fused-ring (bicyclic) bond motifs is 1. The fraction of sp³-hybridized carbons (Fsp3) is 0.556. The molecule has 3 amide bonds. The van der Waals surface area contributed by atoms with Gasteiger partial charge in [-0.1, -0.05) is 0 Å². The largest absolute Gasteiger partial charge is 0.338 e. The molecule has 0 radical (unpaired) electrons. The Morgan fingerprint density at radius 1 is 1.19 bits per heavy atom. The minimum Gasteiger partial charge on any atom is -0.338 e. The van der Waals surface area contributed by atoms with Gasteiger partial charge >= 0.3 is 0 Å². The Bertz CT molecular complexity index is 836. The lowest BCUT2D eigenvalue weighted by Gasteiger charge is -2.27. The second kappa shape index (κ2) is 7.05. The van der Waals surface area contributed by atoms with Crippen molar-refractivity contribution in [2.75, 3.05) is 19.6 Å². The number of carbonyl (C=O) groups is 3. The molecule has 3 aliphatic heterocycles. The van der Waals surface area contributed by atoms with Crippen LogP contribution in [0, 0.1) is 0 Å². The normalized spacial score (nSPS) is 22.2. The summed E-state index contributed by atoms with van der Waals surface area (Å²) in [5, 5.41) is 3.89. The molecule has 1 aromatic heterocycles. The highest BCUT2D eigenvalue weighted by Gasteiger charge is 2.33. The maximum Gasteiger partial charge on any atom is 0.270 e. The minimum atomic E-state index is -0.156. The molecule has 1 atom stereocenters. The number of hydrazone groups is 1. The van der Waals surface area contributed by atoms with Gasteiger partial charge in [-0.2, -0.15) is 5.10 Å². The van der Waals surface area contributed by atoms with Gasteiger partial charge in [0.15, 0.2) is 0 Å². The summed E-state index contributed by atoms with van der Waals surface area (Å²) in [7, 11) is 0. The zero-order valence-electron chi connectivity index (χ0n) is 15.3. The van der Waals surface area contributed by atoms with Crippen LogP contribution in [-0.4, -0.2) is 62.8 Å². The number of rotatable bonds is 2. The topological polar surface area (TPSA) is 108 Å². The van der Waals surface area contributed by atoms with E-state index >= 15 is 0 Å². The fourth-order valence-corrected chi connectivity index (χ4v) is 3.76. The predicted octanol–water partition coefficient (Wildman–Crippen LogP) is -0.0369. The summed E-state index contributed by atoms with van der Waals surface area (Å²) in [4.78, 5) is 48.1. The Balaban J connectivity index is 1.43. The van der Waals surface area contributed by atoms with Gasteiger partial charge in [-0.25, -0.2) is 15.4 Å². The first-order chi connectivity index (χ1) is 13.0. The van der Waals surface area contributed by atoms with Crippen LogP contribution < -0.4 is 5.43 Å². The molecule has 142 valence electrons. The van der Waals surface area contributed by atoms with Crippen LogP contribution >= 0.6 is 0 Å². The van der Waals surface area contributed by atoms with E-state index in [0.717, 1.165) is 29.9 Å². The molecule has 1 N–H and O–H groups in total. The second-order valence-electron chi connectivity index (χ2n) is 7.22. The average molecular weight is 370 g/mol. The first-order valence-corrected chi connectivity index (χ1v) is 9.26. The molecule has 0 aliphatic carbocycles. The average Bonchev–Trinajstić information content (AvgIpc) is 3.17. The van der Waals surface area contributed by atoms with Gasteiger partial charge in [-0.05, 0) is 6.42 Å². The Labute approximate surface area is 156 Å². The number of nitrogens with one attached hydrogen (secondary N) is 1. The number of carbonyl (C=O) groups excluding carboxylic acids is 3. The van der Waals surface area contributed by atoms with Crippen LogP contribution in [0.15, 0.2) is 11.3 Å². The highest BCUT2D eigenvalue weighted by Crippen LogP contribution is 2.27. The summed E-state index contributed by atoms with van der Waals surface area (Å²) in [6, 6.07) is 0. The number of nitrogens with zero attached hydrogens (tertiary/aromatic N) is 5. The summed E-state index contributed by atoms with van der Waals surface area (Å²) < 4.78 is 0. The molecular formula is C18H22N6O3. The van der Waals surface area contributed by atoms with Gasteiger partial charge in [0.1, 0.15) is 11.5 Å². The summed E-state index contributed by atoms with van der Waals surface area (Å²) in [5.74, 6) is 0.656. The van der Waals surface area contributed by atoms with Gasteiger partial charge in [-0.3, -0.25) is 14.4 Å². The maximum atomic E-state index is 12.6. The molecule has 3 aliphatic rings. The van der Waals surface area contributed by atoms with Gasteiger partial charge < -0.3 is 9.80 Å². The van der Waals surface area contributed by atoms with Crippen molar-refractivity contribution in [3.8, 4) is 0 Å². The van der Waals surface area contributed by atoms with E-state index in [1.54, 1.807) is 16.7 Å². The predicted molar refractivity (Wildman–Crippen MR) is 95.6 cm³/mol. The van der Waals surface area contributed by atoms with Crippen molar-refractivity contribution in [3.05, 3.63) is 23.3 Å². The molecule has 0 saturated carbocycles. The standard InChI is InChI=1S/C18H22N6O3/c1-11(25)23-7-5-14-13(10-23)8-19-17(20-14)12-4-6-24(9-12)18(27)15-2-3-16(26)22-21-15/h8,12H,2-7,9-10H2,1H3,(H,22,26)/t12-/m0/s1. The van der Waals surface area contributed by atoms with E-state index in [-0.39, 0.29) is 23.6 Å². The van der Waals surface area contributed by atoms with Crippen LogP contribution in [0.5, 0.6) is 0 Å². The molecule has 0 unspecified atom stereocenters. The maximum absolute atomic E-state index is 12.6. The highest BCUT2D eigenvalue weighted by molar-refractivity contribution is 6.39. The number of amides is 3. The van der Waals surface area contributed by atoms with Crippen LogP contribution in [-0.2, 0) is 27.3 Å². The molecule has 1 aromatic rings. The van der Waals surface area contributed by atoms with E-state index in [0.29, 0.717) is 44.7 Å². The lowest BCUT2D eigenvalue weighted by Crippen LogP contribution is -2.39. The number of likely N-dealkylation sites (tertiary alicyclic amines) is 1. The number of aromatic nitrogens is 2. The zero-order valence-corrected chi connectivity index (χ0v) is 15.3. The van der Waals surface area contributed by atoms with Crippen molar-refractivity contribution in [1.29, 1.82) is 0 Å². The quantitative estimate of drug-likeness (QED) is 0.786. The van der Waals surface area contributed by atoms with E-state index in [2.05, 4.69) is 15.5 Å². The Kier molecular flexibility index (Phi) is 4.59. The Morgan fingerprint density at radius 2 is 2.04 bits per heavy atom. The zero-order chi connectivity index (χ0) is 19.0. The van der Waals surface area contributed by atoms with E-state index in [1.165, 1.54) is 0 Å². The lowest BCUT2D eigenvalue weighted by atomic mass is 10.0. The van der Waals surface area contributed by atoms with Crippen molar-refractivity contribution >= 4 is 23.4 Å². The van der Waals surface area contributed by atoms with Gasteiger partial charge in [0, 0.05) is 70.0 Å². The summed E-state index contributed by atoms with van der Waals surface area (Å²) in [5.41, 5.74) is 4.78. The van der Waals surface area contributed by atoms with Crippen LogP contribution in [0.4, 0.5) is 0 Å². The molecule has 4 rings (SSSR count). The van der Waals surface area contributed by atoms with Crippen molar-refractivity contribution in [3.63, 3.8) is 0 Å². The van der Waals surface area contributed by atoms with Crippen LogP contribution in [0.2, 0.25) is 0 Å². The highest BCUT2D eigenvalue weighted by atomic mass is 16.2. The fourth-order valence-electron chi connectivity index (χ4n) is 3.76. The third kappa shape index (κ3) is 3.54. The third-order valence-corrected chi connectivity index (χ3v) is 5.39. The first kappa shape index (κ1) is 17.6. The van der Waals surface area contributed by atoms with Crippen molar-refractivity contribution < 1.29 is 14.4 Å². The van der Waals surface area contributed by atoms with Crippen LogP contribution in [0.3, 0.4) is 0 Å².